The highest BCUT2D eigenvalue weighted by molar-refractivity contribution is 5.03. The Morgan fingerprint density at radius 3 is 2.88 bits per heavy atom. The fourth-order valence-electron chi connectivity index (χ4n) is 5.75. The molecule has 25 heavy (non-hydrogen) atoms. The van der Waals surface area contributed by atoms with E-state index < -0.39 is 0 Å². The fraction of sp³-hybridized carbons (Fsp3) is 1.00. The van der Waals surface area contributed by atoms with E-state index in [1.807, 2.05) is 0 Å². The molecule has 6 nitrogen and oxygen atoms in total. The summed E-state index contributed by atoms with van der Waals surface area (Å²) in [5, 5.41) is 0. The summed E-state index contributed by atoms with van der Waals surface area (Å²) in [6.07, 6.45) is 4.96. The number of morpholine rings is 1. The number of rotatable bonds is 6. The summed E-state index contributed by atoms with van der Waals surface area (Å²) in [5.41, 5.74) is 0.351. The van der Waals surface area contributed by atoms with Crippen LogP contribution in [0.3, 0.4) is 0 Å². The number of hydrogen-bond acceptors (Lipinski definition) is 6. The van der Waals surface area contributed by atoms with Crippen molar-refractivity contribution in [3.63, 3.8) is 0 Å². The Labute approximate surface area is 152 Å². The van der Waals surface area contributed by atoms with Crippen LogP contribution >= 0.6 is 0 Å². The van der Waals surface area contributed by atoms with Crippen molar-refractivity contribution in [1.29, 1.82) is 0 Å². The fourth-order valence-corrected chi connectivity index (χ4v) is 5.75. The van der Waals surface area contributed by atoms with Gasteiger partial charge in [-0.1, -0.05) is 0 Å². The Balaban J connectivity index is 1.34. The molecule has 0 bridgehead atoms. The van der Waals surface area contributed by atoms with E-state index in [4.69, 9.17) is 14.2 Å². The zero-order valence-corrected chi connectivity index (χ0v) is 16.0. The second-order valence-corrected chi connectivity index (χ2v) is 8.66. The van der Waals surface area contributed by atoms with Crippen molar-refractivity contribution in [2.45, 2.75) is 42.8 Å². The van der Waals surface area contributed by atoms with E-state index in [0.717, 1.165) is 52.5 Å². The van der Waals surface area contributed by atoms with Crippen molar-refractivity contribution in [3.8, 4) is 0 Å². The first-order valence-corrected chi connectivity index (χ1v) is 10.0. The number of methoxy groups -OCH3 is 1. The Morgan fingerprint density at radius 1 is 1.08 bits per heavy atom. The van der Waals surface area contributed by atoms with Crippen molar-refractivity contribution in [1.82, 2.24) is 14.7 Å². The summed E-state index contributed by atoms with van der Waals surface area (Å²) >= 11 is 0. The molecule has 0 amide bonds. The molecule has 0 N–H and O–H groups in total. The van der Waals surface area contributed by atoms with Crippen LogP contribution in [0.4, 0.5) is 0 Å². The molecule has 3 atom stereocenters. The van der Waals surface area contributed by atoms with E-state index in [0.29, 0.717) is 6.04 Å². The van der Waals surface area contributed by atoms with E-state index in [2.05, 4.69) is 21.7 Å². The lowest BCUT2D eigenvalue weighted by atomic mass is 9.94. The van der Waals surface area contributed by atoms with Crippen molar-refractivity contribution in [3.05, 3.63) is 0 Å². The SMILES string of the molecule is COCC12CCC(COCC34CCCN3CCN(C)C4)N1CCOC2. The Kier molecular flexibility index (Phi) is 5.38. The predicted molar refractivity (Wildman–Crippen MR) is 97.0 cm³/mol. The lowest BCUT2D eigenvalue weighted by molar-refractivity contribution is -0.103. The van der Waals surface area contributed by atoms with Gasteiger partial charge < -0.3 is 19.1 Å². The number of fused-ring (bicyclic) bond motifs is 2. The van der Waals surface area contributed by atoms with Crippen LogP contribution in [0.2, 0.25) is 0 Å². The van der Waals surface area contributed by atoms with Gasteiger partial charge in [-0.2, -0.15) is 0 Å². The van der Waals surface area contributed by atoms with Gasteiger partial charge in [0.1, 0.15) is 0 Å². The largest absolute Gasteiger partial charge is 0.383 e. The first kappa shape index (κ1) is 18.1. The highest BCUT2D eigenvalue weighted by Gasteiger charge is 2.49. The third kappa shape index (κ3) is 3.37. The summed E-state index contributed by atoms with van der Waals surface area (Å²) in [7, 11) is 4.06. The third-order valence-corrected chi connectivity index (χ3v) is 6.99. The molecular formula is C19H35N3O3. The highest BCUT2D eigenvalue weighted by atomic mass is 16.5. The molecule has 4 fully saturated rings. The van der Waals surface area contributed by atoms with Crippen LogP contribution < -0.4 is 0 Å². The smallest absolute Gasteiger partial charge is 0.0682 e. The Morgan fingerprint density at radius 2 is 2.00 bits per heavy atom. The van der Waals surface area contributed by atoms with Crippen LogP contribution in [0.1, 0.15) is 25.7 Å². The zero-order chi connectivity index (χ0) is 17.3. The second-order valence-electron chi connectivity index (χ2n) is 8.66. The average molecular weight is 354 g/mol. The normalized spacial score (nSPS) is 40.3. The van der Waals surface area contributed by atoms with Crippen LogP contribution in [0.15, 0.2) is 0 Å². The molecule has 0 saturated carbocycles. The first-order chi connectivity index (χ1) is 12.2. The minimum atomic E-state index is 0.0871. The Bertz CT molecular complexity index is 461. The minimum Gasteiger partial charge on any atom is -0.383 e. The third-order valence-electron chi connectivity index (χ3n) is 6.99. The molecule has 0 aromatic carbocycles. The van der Waals surface area contributed by atoms with Gasteiger partial charge in [0.15, 0.2) is 0 Å². The molecule has 6 heteroatoms. The molecule has 4 saturated heterocycles. The summed E-state index contributed by atoms with van der Waals surface area (Å²) in [4.78, 5) is 7.79. The van der Waals surface area contributed by atoms with Gasteiger partial charge >= 0.3 is 0 Å². The average Bonchev–Trinajstić information content (AvgIpc) is 3.17. The summed E-state index contributed by atoms with van der Waals surface area (Å²) in [5.74, 6) is 0. The van der Waals surface area contributed by atoms with Crippen molar-refractivity contribution in [2.24, 2.45) is 0 Å². The zero-order valence-electron chi connectivity index (χ0n) is 16.0. The summed E-state index contributed by atoms with van der Waals surface area (Å²) in [6, 6.07) is 0.520. The molecule has 3 unspecified atom stereocenters. The lowest BCUT2D eigenvalue weighted by Gasteiger charge is -2.46. The van der Waals surface area contributed by atoms with Gasteiger partial charge in [0, 0.05) is 39.3 Å². The maximum atomic E-state index is 6.39. The van der Waals surface area contributed by atoms with Crippen LogP contribution in [0, 0.1) is 0 Å². The molecule has 0 aromatic rings. The van der Waals surface area contributed by atoms with Crippen LogP contribution in [-0.2, 0) is 14.2 Å². The molecule has 144 valence electrons. The topological polar surface area (TPSA) is 37.4 Å². The predicted octanol–water partition coefficient (Wildman–Crippen LogP) is 0.663. The number of hydrogen-bond donors (Lipinski definition) is 0. The lowest BCUT2D eigenvalue weighted by Crippen LogP contribution is -2.61. The molecule has 4 rings (SSSR count). The summed E-state index contributed by atoms with van der Waals surface area (Å²) in [6.45, 7) is 9.96. The van der Waals surface area contributed by atoms with E-state index >= 15 is 0 Å². The van der Waals surface area contributed by atoms with E-state index in [-0.39, 0.29) is 11.1 Å². The molecule has 4 aliphatic rings. The second kappa shape index (κ2) is 7.41. The maximum absolute atomic E-state index is 6.39. The van der Waals surface area contributed by atoms with Crippen molar-refractivity contribution in [2.75, 3.05) is 79.9 Å². The van der Waals surface area contributed by atoms with Gasteiger partial charge in [-0.15, -0.1) is 0 Å². The molecule has 0 radical (unpaired) electrons. The first-order valence-electron chi connectivity index (χ1n) is 10.0. The number of ether oxygens (including phenoxy) is 3. The Hall–Kier alpha value is -0.240. The molecule has 0 aliphatic carbocycles. The van der Waals surface area contributed by atoms with Gasteiger partial charge in [-0.05, 0) is 39.3 Å². The van der Waals surface area contributed by atoms with Gasteiger partial charge in [0.2, 0.25) is 0 Å². The van der Waals surface area contributed by atoms with Crippen molar-refractivity contribution < 1.29 is 14.2 Å². The van der Waals surface area contributed by atoms with E-state index in [1.54, 1.807) is 7.11 Å². The number of piperazine rings is 1. The quantitative estimate of drug-likeness (QED) is 0.699. The molecule has 4 heterocycles. The standard InChI is InChI=1S/C19H35N3O3/c1-20-8-9-21-7-3-5-18(21,13-20)15-25-12-17-4-6-19(14-23-2)16-24-11-10-22(17)19/h17H,3-16H2,1-2H3. The minimum absolute atomic E-state index is 0.0871. The number of nitrogens with zero attached hydrogens (tertiary/aromatic N) is 3. The monoisotopic (exact) mass is 353 g/mol. The van der Waals surface area contributed by atoms with E-state index in [9.17, 15) is 0 Å². The highest BCUT2D eigenvalue weighted by Crippen LogP contribution is 2.37. The van der Waals surface area contributed by atoms with Gasteiger partial charge in [0.05, 0.1) is 44.1 Å². The van der Waals surface area contributed by atoms with Crippen LogP contribution in [0.5, 0.6) is 0 Å². The van der Waals surface area contributed by atoms with Crippen LogP contribution in [-0.4, -0.2) is 112 Å². The molecule has 0 spiro atoms. The van der Waals surface area contributed by atoms with E-state index in [1.165, 1.54) is 38.9 Å². The summed E-state index contributed by atoms with van der Waals surface area (Å²) < 4.78 is 17.7. The molecular weight excluding hydrogens is 318 g/mol. The van der Waals surface area contributed by atoms with Gasteiger partial charge in [-0.3, -0.25) is 9.80 Å². The molecule has 4 aliphatic heterocycles. The van der Waals surface area contributed by atoms with Crippen LogP contribution in [0.25, 0.3) is 0 Å². The molecule has 0 aromatic heterocycles. The van der Waals surface area contributed by atoms with Gasteiger partial charge in [-0.25, -0.2) is 0 Å². The number of likely N-dealkylation sites (N-methyl/N-ethyl adjacent to an activating group) is 1. The van der Waals surface area contributed by atoms with Gasteiger partial charge in [0.25, 0.3) is 0 Å². The van der Waals surface area contributed by atoms with Crippen molar-refractivity contribution >= 4 is 0 Å². The maximum Gasteiger partial charge on any atom is 0.0682 e.